The van der Waals surface area contributed by atoms with Gasteiger partial charge in [0, 0.05) is 23.4 Å². The lowest BCUT2D eigenvalue weighted by Gasteiger charge is -2.25. The predicted octanol–water partition coefficient (Wildman–Crippen LogP) is 2.71. The van der Waals surface area contributed by atoms with Gasteiger partial charge in [-0.15, -0.1) is 0 Å². The van der Waals surface area contributed by atoms with Gasteiger partial charge in [-0.25, -0.2) is 0 Å². The van der Waals surface area contributed by atoms with E-state index < -0.39 is 0 Å². The van der Waals surface area contributed by atoms with E-state index in [1.807, 2.05) is 37.4 Å². The summed E-state index contributed by atoms with van der Waals surface area (Å²) >= 11 is 0. The smallest absolute Gasteiger partial charge is 0.124 e. The number of nitrogens with one attached hydrogen (secondary N) is 1. The summed E-state index contributed by atoms with van der Waals surface area (Å²) < 4.78 is 5.75. The van der Waals surface area contributed by atoms with Crippen LogP contribution in [0.3, 0.4) is 0 Å². The first-order valence-electron chi connectivity index (χ1n) is 7.46. The van der Waals surface area contributed by atoms with Crippen LogP contribution in [-0.2, 0) is 6.42 Å². The van der Waals surface area contributed by atoms with Crippen molar-refractivity contribution in [2.45, 2.75) is 31.7 Å². The van der Waals surface area contributed by atoms with E-state index in [4.69, 9.17) is 10.6 Å². The van der Waals surface area contributed by atoms with Crippen molar-refractivity contribution < 1.29 is 4.74 Å². The number of aromatic nitrogens is 1. The van der Waals surface area contributed by atoms with E-state index in [1.165, 1.54) is 5.56 Å². The van der Waals surface area contributed by atoms with Crippen molar-refractivity contribution in [3.8, 4) is 5.75 Å². The van der Waals surface area contributed by atoms with Gasteiger partial charge in [-0.05, 0) is 37.5 Å². The third kappa shape index (κ3) is 2.64. The fourth-order valence-corrected chi connectivity index (χ4v) is 3.22. The Kier molecular flexibility index (Phi) is 4.18. The number of ether oxygens (including phenoxy) is 1. The van der Waals surface area contributed by atoms with Gasteiger partial charge in [0.2, 0.25) is 0 Å². The molecule has 0 radical (unpaired) electrons. The molecule has 1 aliphatic rings. The van der Waals surface area contributed by atoms with E-state index in [0.29, 0.717) is 6.61 Å². The summed E-state index contributed by atoms with van der Waals surface area (Å²) in [5.74, 6) is 7.05. The number of hydrazine groups is 1. The highest BCUT2D eigenvalue weighted by atomic mass is 16.5. The molecule has 0 saturated heterocycles. The minimum absolute atomic E-state index is 0.0175. The Morgan fingerprint density at radius 1 is 1.33 bits per heavy atom. The number of nitrogens with zero attached hydrogens (tertiary/aromatic N) is 1. The van der Waals surface area contributed by atoms with Crippen LogP contribution < -0.4 is 16.0 Å². The number of nitrogens with two attached hydrogens (primary N) is 1. The van der Waals surface area contributed by atoms with Crippen LogP contribution in [0.1, 0.15) is 42.1 Å². The second kappa shape index (κ2) is 6.24. The number of pyridine rings is 1. The summed E-state index contributed by atoms with van der Waals surface area (Å²) in [5.41, 5.74) is 6.57. The van der Waals surface area contributed by atoms with Crippen molar-refractivity contribution in [3.05, 3.63) is 59.4 Å². The standard InChI is InChI=1S/C17H21N3O/c1-2-21-15-8-4-3-7-13(15)17(20-18)14-10-9-12-6-5-11-19-16(12)14/h3-8,11,14,17,20H,2,9-10,18H2,1H3. The zero-order valence-corrected chi connectivity index (χ0v) is 12.3. The Labute approximate surface area is 125 Å². The van der Waals surface area contributed by atoms with Gasteiger partial charge in [0.05, 0.1) is 12.6 Å². The van der Waals surface area contributed by atoms with Crippen molar-refractivity contribution in [3.63, 3.8) is 0 Å². The highest BCUT2D eigenvalue weighted by Crippen LogP contribution is 2.42. The molecule has 1 aliphatic carbocycles. The number of fused-ring (bicyclic) bond motifs is 1. The number of aryl methyl sites for hydroxylation is 1. The Morgan fingerprint density at radius 3 is 3.00 bits per heavy atom. The van der Waals surface area contributed by atoms with E-state index in [9.17, 15) is 0 Å². The van der Waals surface area contributed by atoms with Gasteiger partial charge in [-0.2, -0.15) is 0 Å². The maximum atomic E-state index is 5.87. The van der Waals surface area contributed by atoms with Crippen LogP contribution in [0.5, 0.6) is 5.75 Å². The largest absolute Gasteiger partial charge is 0.494 e. The highest BCUT2D eigenvalue weighted by molar-refractivity contribution is 5.40. The molecule has 0 fully saturated rings. The minimum Gasteiger partial charge on any atom is -0.494 e. The molecule has 1 aromatic carbocycles. The number of benzene rings is 1. The molecule has 3 rings (SSSR count). The first-order valence-corrected chi connectivity index (χ1v) is 7.46. The van der Waals surface area contributed by atoms with Crippen LogP contribution in [0, 0.1) is 0 Å². The maximum Gasteiger partial charge on any atom is 0.124 e. The molecule has 3 N–H and O–H groups in total. The number of hydrogen-bond acceptors (Lipinski definition) is 4. The average Bonchev–Trinajstić information content (AvgIpc) is 2.94. The Morgan fingerprint density at radius 2 is 2.19 bits per heavy atom. The summed E-state index contributed by atoms with van der Waals surface area (Å²) in [5, 5.41) is 0. The molecule has 2 aromatic rings. The summed E-state index contributed by atoms with van der Waals surface area (Å²) in [7, 11) is 0. The molecule has 21 heavy (non-hydrogen) atoms. The lowest BCUT2D eigenvalue weighted by Crippen LogP contribution is -2.32. The predicted molar refractivity (Wildman–Crippen MR) is 83.0 cm³/mol. The van der Waals surface area contributed by atoms with E-state index in [2.05, 4.69) is 22.5 Å². The fourth-order valence-electron chi connectivity index (χ4n) is 3.22. The summed E-state index contributed by atoms with van der Waals surface area (Å²) in [6.07, 6.45) is 3.98. The molecule has 4 nitrogen and oxygen atoms in total. The minimum atomic E-state index is 0.0175. The van der Waals surface area contributed by atoms with E-state index in [1.54, 1.807) is 0 Å². The van der Waals surface area contributed by atoms with Gasteiger partial charge >= 0.3 is 0 Å². The third-order valence-electron chi connectivity index (χ3n) is 4.14. The zero-order chi connectivity index (χ0) is 14.7. The molecular formula is C17H21N3O. The molecular weight excluding hydrogens is 262 g/mol. The highest BCUT2D eigenvalue weighted by Gasteiger charge is 2.32. The summed E-state index contributed by atoms with van der Waals surface area (Å²) in [6.45, 7) is 2.64. The quantitative estimate of drug-likeness (QED) is 0.654. The van der Waals surface area contributed by atoms with Gasteiger partial charge < -0.3 is 4.74 Å². The number of rotatable bonds is 5. The van der Waals surface area contributed by atoms with Gasteiger partial charge in [0.25, 0.3) is 0 Å². The van der Waals surface area contributed by atoms with E-state index in [-0.39, 0.29) is 12.0 Å². The van der Waals surface area contributed by atoms with Crippen LogP contribution in [0.2, 0.25) is 0 Å². The monoisotopic (exact) mass is 283 g/mol. The number of hydrogen-bond donors (Lipinski definition) is 2. The third-order valence-corrected chi connectivity index (χ3v) is 4.14. The second-order valence-electron chi connectivity index (χ2n) is 5.31. The molecule has 4 heteroatoms. The van der Waals surface area contributed by atoms with Crippen molar-refractivity contribution >= 4 is 0 Å². The van der Waals surface area contributed by atoms with Crippen molar-refractivity contribution in [1.29, 1.82) is 0 Å². The van der Waals surface area contributed by atoms with Crippen LogP contribution in [0.4, 0.5) is 0 Å². The second-order valence-corrected chi connectivity index (χ2v) is 5.31. The average molecular weight is 283 g/mol. The zero-order valence-electron chi connectivity index (χ0n) is 12.3. The van der Waals surface area contributed by atoms with E-state index in [0.717, 1.165) is 29.8 Å². The van der Waals surface area contributed by atoms with E-state index >= 15 is 0 Å². The summed E-state index contributed by atoms with van der Waals surface area (Å²) in [6, 6.07) is 12.3. The lowest BCUT2D eigenvalue weighted by molar-refractivity contribution is 0.326. The first-order chi connectivity index (χ1) is 10.3. The SMILES string of the molecule is CCOc1ccccc1C(NN)C1CCc2cccnc21. The molecule has 0 amide bonds. The normalized spacial score (nSPS) is 18.3. The van der Waals surface area contributed by atoms with Gasteiger partial charge in [0.1, 0.15) is 5.75 Å². The molecule has 0 spiro atoms. The van der Waals surface area contributed by atoms with Gasteiger partial charge in [0.15, 0.2) is 0 Å². The molecule has 1 heterocycles. The molecule has 0 saturated carbocycles. The van der Waals surface area contributed by atoms with Crippen LogP contribution in [0.15, 0.2) is 42.6 Å². The van der Waals surface area contributed by atoms with Crippen LogP contribution in [0.25, 0.3) is 0 Å². The molecule has 2 atom stereocenters. The maximum absolute atomic E-state index is 5.87. The van der Waals surface area contributed by atoms with Crippen molar-refractivity contribution in [2.75, 3.05) is 6.61 Å². The molecule has 0 bridgehead atoms. The van der Waals surface area contributed by atoms with Gasteiger partial charge in [-0.1, -0.05) is 24.3 Å². The summed E-state index contributed by atoms with van der Waals surface area (Å²) in [4.78, 5) is 4.57. The Hall–Kier alpha value is -1.91. The number of para-hydroxylation sites is 1. The van der Waals surface area contributed by atoms with Crippen molar-refractivity contribution in [2.24, 2.45) is 5.84 Å². The Balaban J connectivity index is 1.97. The topological polar surface area (TPSA) is 60.2 Å². The molecule has 2 unspecified atom stereocenters. The molecule has 110 valence electrons. The first kappa shape index (κ1) is 14.0. The van der Waals surface area contributed by atoms with Crippen LogP contribution >= 0.6 is 0 Å². The van der Waals surface area contributed by atoms with Gasteiger partial charge in [-0.3, -0.25) is 16.3 Å². The fraction of sp³-hybridized carbons (Fsp3) is 0.353. The molecule has 0 aliphatic heterocycles. The lowest BCUT2D eigenvalue weighted by atomic mass is 9.90. The van der Waals surface area contributed by atoms with Crippen molar-refractivity contribution in [1.82, 2.24) is 10.4 Å². The Bertz CT molecular complexity index is 614. The van der Waals surface area contributed by atoms with Crippen LogP contribution in [-0.4, -0.2) is 11.6 Å². The molecule has 1 aromatic heterocycles.